The van der Waals surface area contributed by atoms with Gasteiger partial charge in [-0.05, 0) is 19.1 Å². The Balaban J connectivity index is 2.05. The molecular weight excluding hydrogens is 302 g/mol. The van der Waals surface area contributed by atoms with Crippen LogP contribution in [0.25, 0.3) is 0 Å². The fourth-order valence-electron chi connectivity index (χ4n) is 2.37. The Morgan fingerprint density at radius 2 is 1.46 bits per heavy atom. The van der Waals surface area contributed by atoms with E-state index in [1.54, 1.807) is 14.2 Å². The Bertz CT molecular complexity index is 671. The summed E-state index contributed by atoms with van der Waals surface area (Å²) in [6.07, 6.45) is 0. The van der Waals surface area contributed by atoms with Crippen molar-refractivity contribution in [2.45, 2.75) is 20.0 Å². The van der Waals surface area contributed by atoms with Gasteiger partial charge in [0.15, 0.2) is 5.96 Å². The number of guanidine groups is 1. The third-order valence-electron chi connectivity index (χ3n) is 3.58. The van der Waals surface area contributed by atoms with Gasteiger partial charge in [-0.25, -0.2) is 4.99 Å². The molecule has 0 saturated carbocycles. The second-order valence-electron chi connectivity index (χ2n) is 5.17. The van der Waals surface area contributed by atoms with Gasteiger partial charge >= 0.3 is 0 Å². The van der Waals surface area contributed by atoms with Gasteiger partial charge in [0.2, 0.25) is 0 Å². The van der Waals surface area contributed by atoms with E-state index in [-0.39, 0.29) is 0 Å². The minimum Gasteiger partial charge on any atom is -0.496 e. The van der Waals surface area contributed by atoms with Gasteiger partial charge in [-0.15, -0.1) is 0 Å². The molecule has 5 heteroatoms. The molecule has 0 radical (unpaired) electrons. The zero-order valence-electron chi connectivity index (χ0n) is 14.5. The van der Waals surface area contributed by atoms with Crippen molar-refractivity contribution in [1.82, 2.24) is 10.6 Å². The maximum Gasteiger partial charge on any atom is 0.191 e. The van der Waals surface area contributed by atoms with E-state index in [9.17, 15) is 0 Å². The lowest BCUT2D eigenvalue weighted by molar-refractivity contribution is 0.409. The molecular formula is C19H25N3O2. The Kier molecular flexibility index (Phi) is 6.95. The number of hydrogen-bond acceptors (Lipinski definition) is 3. The predicted octanol–water partition coefficient (Wildman–Crippen LogP) is 2.96. The lowest BCUT2D eigenvalue weighted by Crippen LogP contribution is -2.36. The van der Waals surface area contributed by atoms with Gasteiger partial charge in [0, 0.05) is 24.2 Å². The van der Waals surface area contributed by atoms with Crippen molar-refractivity contribution in [3.8, 4) is 11.5 Å². The minimum atomic E-state index is 0.547. The highest BCUT2D eigenvalue weighted by Gasteiger charge is 2.05. The fourth-order valence-corrected chi connectivity index (χ4v) is 2.37. The second kappa shape index (κ2) is 9.45. The van der Waals surface area contributed by atoms with Gasteiger partial charge in [0.1, 0.15) is 11.5 Å². The van der Waals surface area contributed by atoms with Crippen molar-refractivity contribution in [2.24, 2.45) is 4.99 Å². The molecule has 0 fully saturated rings. The molecule has 128 valence electrons. The van der Waals surface area contributed by atoms with Crippen molar-refractivity contribution in [1.29, 1.82) is 0 Å². The summed E-state index contributed by atoms with van der Waals surface area (Å²) in [7, 11) is 3.35. The largest absolute Gasteiger partial charge is 0.496 e. The average Bonchev–Trinajstić information content (AvgIpc) is 2.64. The Labute approximate surface area is 143 Å². The van der Waals surface area contributed by atoms with Gasteiger partial charge in [-0.3, -0.25) is 0 Å². The highest BCUT2D eigenvalue weighted by molar-refractivity contribution is 5.79. The zero-order valence-corrected chi connectivity index (χ0v) is 14.5. The van der Waals surface area contributed by atoms with Crippen molar-refractivity contribution in [3.63, 3.8) is 0 Å². The van der Waals surface area contributed by atoms with Crippen LogP contribution in [0.5, 0.6) is 11.5 Å². The number of benzene rings is 2. The third kappa shape index (κ3) is 4.91. The number of para-hydroxylation sites is 2. The van der Waals surface area contributed by atoms with E-state index in [1.807, 2.05) is 55.5 Å². The summed E-state index contributed by atoms with van der Waals surface area (Å²) in [6.45, 7) is 4.03. The van der Waals surface area contributed by atoms with Gasteiger partial charge in [-0.2, -0.15) is 0 Å². The van der Waals surface area contributed by atoms with E-state index < -0.39 is 0 Å². The van der Waals surface area contributed by atoms with Gasteiger partial charge in [0.25, 0.3) is 0 Å². The molecule has 0 aromatic heterocycles. The molecule has 0 unspecified atom stereocenters. The number of aliphatic imine (C=N–C) groups is 1. The lowest BCUT2D eigenvalue weighted by Gasteiger charge is -2.14. The number of ether oxygens (including phenoxy) is 2. The summed E-state index contributed by atoms with van der Waals surface area (Å²) >= 11 is 0. The highest BCUT2D eigenvalue weighted by Crippen LogP contribution is 2.18. The molecule has 5 nitrogen and oxygen atoms in total. The van der Waals surface area contributed by atoms with Gasteiger partial charge < -0.3 is 20.1 Å². The van der Waals surface area contributed by atoms with Crippen molar-refractivity contribution in [2.75, 3.05) is 20.8 Å². The predicted molar refractivity (Wildman–Crippen MR) is 97.6 cm³/mol. The Morgan fingerprint density at radius 1 is 0.875 bits per heavy atom. The van der Waals surface area contributed by atoms with Gasteiger partial charge in [0.05, 0.1) is 20.8 Å². The van der Waals surface area contributed by atoms with Crippen molar-refractivity contribution in [3.05, 3.63) is 59.7 Å². The molecule has 0 spiro atoms. The van der Waals surface area contributed by atoms with E-state index in [0.717, 1.165) is 35.1 Å². The van der Waals surface area contributed by atoms with Crippen LogP contribution in [0.15, 0.2) is 53.5 Å². The minimum absolute atomic E-state index is 0.547. The Hall–Kier alpha value is -2.69. The maximum atomic E-state index is 5.38. The molecule has 0 aliphatic carbocycles. The molecule has 2 aromatic rings. The summed E-state index contributed by atoms with van der Waals surface area (Å²) in [5.74, 6) is 2.47. The van der Waals surface area contributed by atoms with Crippen LogP contribution in [0.2, 0.25) is 0 Å². The molecule has 0 atom stereocenters. The van der Waals surface area contributed by atoms with Gasteiger partial charge in [-0.1, -0.05) is 36.4 Å². The number of methoxy groups -OCH3 is 2. The molecule has 0 aliphatic rings. The smallest absolute Gasteiger partial charge is 0.191 e. The van der Waals surface area contributed by atoms with Crippen LogP contribution in [0.1, 0.15) is 18.1 Å². The summed E-state index contributed by atoms with van der Waals surface area (Å²) < 4.78 is 10.8. The van der Waals surface area contributed by atoms with Crippen LogP contribution in [-0.4, -0.2) is 26.7 Å². The first-order valence-electron chi connectivity index (χ1n) is 8.04. The van der Waals surface area contributed by atoms with Crippen LogP contribution >= 0.6 is 0 Å². The summed E-state index contributed by atoms with van der Waals surface area (Å²) in [6, 6.07) is 15.9. The third-order valence-corrected chi connectivity index (χ3v) is 3.58. The molecule has 2 N–H and O–H groups in total. The topological polar surface area (TPSA) is 54.9 Å². The van der Waals surface area contributed by atoms with E-state index in [0.29, 0.717) is 13.1 Å². The van der Waals surface area contributed by atoms with Crippen LogP contribution < -0.4 is 20.1 Å². The van der Waals surface area contributed by atoms with E-state index in [1.165, 1.54) is 0 Å². The van der Waals surface area contributed by atoms with Crippen molar-refractivity contribution >= 4 is 5.96 Å². The fraction of sp³-hybridized carbons (Fsp3) is 0.316. The SMILES string of the molecule is CCNC(=NCc1ccccc1OC)NCc1ccccc1OC. The van der Waals surface area contributed by atoms with Crippen LogP contribution in [0.4, 0.5) is 0 Å². The Morgan fingerprint density at radius 3 is 2.08 bits per heavy atom. The standard InChI is InChI=1S/C19H25N3O2/c1-4-20-19(21-13-15-9-5-7-11-17(15)23-2)22-14-16-10-6-8-12-18(16)24-3/h5-12H,4,13-14H2,1-3H3,(H2,20,21,22). The molecule has 0 bridgehead atoms. The molecule has 0 amide bonds. The van der Waals surface area contributed by atoms with Crippen LogP contribution in [0.3, 0.4) is 0 Å². The molecule has 2 rings (SSSR count). The lowest BCUT2D eigenvalue weighted by atomic mass is 10.2. The first-order valence-corrected chi connectivity index (χ1v) is 8.04. The second-order valence-corrected chi connectivity index (χ2v) is 5.17. The number of rotatable bonds is 7. The highest BCUT2D eigenvalue weighted by atomic mass is 16.5. The summed E-state index contributed by atoms with van der Waals surface area (Å²) in [5, 5.41) is 6.59. The molecule has 0 aliphatic heterocycles. The van der Waals surface area contributed by atoms with E-state index >= 15 is 0 Å². The zero-order chi connectivity index (χ0) is 17.2. The summed E-state index contributed by atoms with van der Waals surface area (Å²) in [5.41, 5.74) is 2.14. The number of hydrogen-bond donors (Lipinski definition) is 2. The molecule has 0 heterocycles. The number of nitrogens with one attached hydrogen (secondary N) is 2. The van der Waals surface area contributed by atoms with E-state index in [2.05, 4.69) is 15.6 Å². The number of nitrogens with zero attached hydrogens (tertiary/aromatic N) is 1. The first-order chi connectivity index (χ1) is 11.8. The average molecular weight is 327 g/mol. The van der Waals surface area contributed by atoms with Crippen LogP contribution in [-0.2, 0) is 13.1 Å². The van der Waals surface area contributed by atoms with Crippen molar-refractivity contribution < 1.29 is 9.47 Å². The summed E-state index contributed by atoms with van der Waals surface area (Å²) in [4.78, 5) is 4.64. The molecule has 24 heavy (non-hydrogen) atoms. The first kappa shape index (κ1) is 17.7. The van der Waals surface area contributed by atoms with Crippen LogP contribution in [0, 0.1) is 0 Å². The quantitative estimate of drug-likeness (QED) is 0.606. The normalized spacial score (nSPS) is 11.0. The molecule has 0 saturated heterocycles. The monoisotopic (exact) mass is 327 g/mol. The maximum absolute atomic E-state index is 5.38. The molecule has 2 aromatic carbocycles. The van der Waals surface area contributed by atoms with E-state index in [4.69, 9.17) is 9.47 Å².